The van der Waals surface area contributed by atoms with E-state index in [1.165, 1.54) is 0 Å². The third-order valence-electron chi connectivity index (χ3n) is 5.95. The lowest BCUT2D eigenvalue weighted by atomic mass is 10.1. The number of hydrogen-bond acceptors (Lipinski definition) is 6. The number of carbonyl (C=O) groups is 4. The van der Waals surface area contributed by atoms with Crippen molar-refractivity contribution in [2.24, 2.45) is 5.92 Å². The zero-order chi connectivity index (χ0) is 21.5. The highest BCUT2D eigenvalue weighted by Crippen LogP contribution is 2.23. The van der Waals surface area contributed by atoms with Gasteiger partial charge in [0.15, 0.2) is 9.84 Å². The van der Waals surface area contributed by atoms with Gasteiger partial charge in [0.05, 0.1) is 28.6 Å². The number of imide groups is 1. The van der Waals surface area contributed by atoms with E-state index in [0.29, 0.717) is 43.7 Å². The number of benzene rings is 1. The van der Waals surface area contributed by atoms with E-state index in [2.05, 4.69) is 0 Å². The average Bonchev–Trinajstić information content (AvgIpc) is 3.23. The summed E-state index contributed by atoms with van der Waals surface area (Å²) < 4.78 is 23.2. The first-order chi connectivity index (χ1) is 14.3. The Bertz CT molecular complexity index is 978. The zero-order valence-electron chi connectivity index (χ0n) is 16.5. The van der Waals surface area contributed by atoms with Crippen molar-refractivity contribution in [2.75, 3.05) is 44.2 Å². The normalized spacial score (nSPS) is 23.1. The molecule has 160 valence electrons. The molecule has 3 heterocycles. The second-order valence-electron chi connectivity index (χ2n) is 7.86. The quantitative estimate of drug-likeness (QED) is 0.607. The highest BCUT2D eigenvalue weighted by Gasteiger charge is 2.37. The summed E-state index contributed by atoms with van der Waals surface area (Å²) >= 11 is 0. The monoisotopic (exact) mass is 433 g/mol. The predicted molar refractivity (Wildman–Crippen MR) is 106 cm³/mol. The van der Waals surface area contributed by atoms with Gasteiger partial charge in [0.1, 0.15) is 0 Å². The van der Waals surface area contributed by atoms with Crippen molar-refractivity contribution < 1.29 is 27.6 Å². The van der Waals surface area contributed by atoms with Gasteiger partial charge >= 0.3 is 0 Å². The topological polar surface area (TPSA) is 112 Å². The van der Waals surface area contributed by atoms with Crippen LogP contribution in [-0.4, -0.2) is 91.0 Å². The number of amides is 4. The molecule has 0 bridgehead atoms. The van der Waals surface area contributed by atoms with Crippen molar-refractivity contribution in [3.8, 4) is 0 Å². The van der Waals surface area contributed by atoms with Crippen LogP contribution < -0.4 is 0 Å². The van der Waals surface area contributed by atoms with Crippen LogP contribution in [0.25, 0.3) is 0 Å². The number of rotatable bonds is 4. The molecule has 0 saturated carbocycles. The molecule has 0 unspecified atom stereocenters. The van der Waals surface area contributed by atoms with Crippen molar-refractivity contribution in [2.45, 2.75) is 12.8 Å². The van der Waals surface area contributed by atoms with Gasteiger partial charge in [0, 0.05) is 39.1 Å². The largest absolute Gasteiger partial charge is 0.339 e. The maximum atomic E-state index is 12.6. The molecule has 9 nitrogen and oxygen atoms in total. The van der Waals surface area contributed by atoms with Gasteiger partial charge in [-0.3, -0.25) is 24.1 Å². The Morgan fingerprint density at radius 1 is 0.933 bits per heavy atom. The van der Waals surface area contributed by atoms with Crippen LogP contribution in [-0.2, 0) is 19.4 Å². The number of fused-ring (bicyclic) bond motifs is 1. The highest BCUT2D eigenvalue weighted by atomic mass is 32.2. The van der Waals surface area contributed by atoms with Gasteiger partial charge in [-0.2, -0.15) is 0 Å². The summed E-state index contributed by atoms with van der Waals surface area (Å²) in [5, 5.41) is 0. The summed E-state index contributed by atoms with van der Waals surface area (Å²) in [5.74, 6) is -1.62. The Hall–Kier alpha value is -2.75. The van der Waals surface area contributed by atoms with Crippen LogP contribution in [0.2, 0.25) is 0 Å². The fourth-order valence-electron chi connectivity index (χ4n) is 4.23. The van der Waals surface area contributed by atoms with E-state index in [-0.39, 0.29) is 48.1 Å². The molecule has 0 aliphatic carbocycles. The van der Waals surface area contributed by atoms with E-state index in [1.54, 1.807) is 34.1 Å². The minimum atomic E-state index is -3.12. The van der Waals surface area contributed by atoms with Crippen molar-refractivity contribution in [3.05, 3.63) is 35.4 Å². The lowest BCUT2D eigenvalue weighted by Crippen LogP contribution is -2.52. The Morgan fingerprint density at radius 3 is 2.03 bits per heavy atom. The second kappa shape index (κ2) is 7.82. The van der Waals surface area contributed by atoms with E-state index < -0.39 is 15.8 Å². The van der Waals surface area contributed by atoms with Crippen LogP contribution in [0.15, 0.2) is 24.3 Å². The molecule has 2 fully saturated rings. The molecule has 30 heavy (non-hydrogen) atoms. The molecule has 0 aromatic heterocycles. The van der Waals surface area contributed by atoms with Crippen LogP contribution in [0.5, 0.6) is 0 Å². The van der Waals surface area contributed by atoms with Crippen LogP contribution >= 0.6 is 0 Å². The van der Waals surface area contributed by atoms with Gasteiger partial charge in [-0.05, 0) is 18.6 Å². The average molecular weight is 433 g/mol. The minimum absolute atomic E-state index is 0.0181. The van der Waals surface area contributed by atoms with Crippen LogP contribution in [0.4, 0.5) is 0 Å². The molecule has 0 N–H and O–H groups in total. The summed E-state index contributed by atoms with van der Waals surface area (Å²) in [5.41, 5.74) is 0.715. The third-order valence-corrected chi connectivity index (χ3v) is 7.72. The molecule has 0 spiro atoms. The molecule has 0 radical (unpaired) electrons. The fourth-order valence-corrected chi connectivity index (χ4v) is 5.96. The first-order valence-electron chi connectivity index (χ1n) is 9.99. The van der Waals surface area contributed by atoms with E-state index in [1.807, 2.05) is 0 Å². The van der Waals surface area contributed by atoms with Gasteiger partial charge in [-0.25, -0.2) is 8.42 Å². The van der Waals surface area contributed by atoms with Crippen molar-refractivity contribution in [1.82, 2.24) is 14.7 Å². The summed E-state index contributed by atoms with van der Waals surface area (Å²) in [4.78, 5) is 54.2. The molecule has 3 aliphatic heterocycles. The van der Waals surface area contributed by atoms with Crippen molar-refractivity contribution >= 4 is 33.5 Å². The third kappa shape index (κ3) is 3.83. The maximum Gasteiger partial charge on any atom is 0.261 e. The molecule has 3 aliphatic rings. The Kier molecular flexibility index (Phi) is 5.35. The number of carbonyl (C=O) groups excluding carboxylic acids is 4. The Balaban J connectivity index is 1.27. The molecule has 1 atom stereocenters. The van der Waals surface area contributed by atoms with Crippen LogP contribution in [0.1, 0.15) is 33.6 Å². The van der Waals surface area contributed by atoms with E-state index in [4.69, 9.17) is 0 Å². The highest BCUT2D eigenvalue weighted by molar-refractivity contribution is 7.91. The molecule has 4 amide bonds. The van der Waals surface area contributed by atoms with E-state index >= 15 is 0 Å². The van der Waals surface area contributed by atoms with Gasteiger partial charge in [0.25, 0.3) is 11.8 Å². The fraction of sp³-hybridized carbons (Fsp3) is 0.500. The van der Waals surface area contributed by atoms with Crippen molar-refractivity contribution in [1.29, 1.82) is 0 Å². The van der Waals surface area contributed by atoms with Crippen LogP contribution in [0.3, 0.4) is 0 Å². The summed E-state index contributed by atoms with van der Waals surface area (Å²) in [6, 6.07) is 6.59. The Labute approximate surface area is 174 Å². The number of sulfone groups is 1. The standard InChI is InChI=1S/C20H23N3O6S/c24-17(5-7-23-19(26)15-3-1-2-4-16(15)20(23)27)21-8-10-22(11-9-21)18(25)14-6-12-30(28,29)13-14/h1-4,14H,5-13H2/t14-/m1/s1. The molecular formula is C20H23N3O6S. The lowest BCUT2D eigenvalue weighted by Gasteiger charge is -2.36. The number of piperazine rings is 1. The molecule has 1 aromatic rings. The molecule has 10 heteroatoms. The first-order valence-corrected chi connectivity index (χ1v) is 11.8. The van der Waals surface area contributed by atoms with Crippen molar-refractivity contribution in [3.63, 3.8) is 0 Å². The molecule has 4 rings (SSSR count). The van der Waals surface area contributed by atoms with Gasteiger partial charge in [-0.1, -0.05) is 12.1 Å². The first kappa shape index (κ1) is 20.5. The number of hydrogen-bond donors (Lipinski definition) is 0. The zero-order valence-corrected chi connectivity index (χ0v) is 17.3. The molecule has 1 aromatic carbocycles. The summed E-state index contributed by atoms with van der Waals surface area (Å²) in [7, 11) is -3.12. The van der Waals surface area contributed by atoms with Gasteiger partial charge < -0.3 is 9.80 Å². The van der Waals surface area contributed by atoms with Gasteiger partial charge in [-0.15, -0.1) is 0 Å². The molecule has 2 saturated heterocycles. The second-order valence-corrected chi connectivity index (χ2v) is 10.1. The number of nitrogens with zero attached hydrogens (tertiary/aromatic N) is 3. The van der Waals surface area contributed by atoms with Gasteiger partial charge in [0.2, 0.25) is 11.8 Å². The Morgan fingerprint density at radius 2 is 1.50 bits per heavy atom. The summed E-state index contributed by atoms with van der Waals surface area (Å²) in [6.45, 7) is 1.44. The van der Waals surface area contributed by atoms with E-state index in [9.17, 15) is 27.6 Å². The SMILES string of the molecule is O=C(CCN1C(=O)c2ccccc2C1=O)N1CCN(C(=O)[C@@H]2CCS(=O)(=O)C2)CC1. The van der Waals surface area contributed by atoms with E-state index in [0.717, 1.165) is 4.90 Å². The summed E-state index contributed by atoms with van der Waals surface area (Å²) in [6.07, 6.45) is 0.390. The smallest absolute Gasteiger partial charge is 0.261 e. The molecular weight excluding hydrogens is 410 g/mol. The lowest BCUT2D eigenvalue weighted by molar-refractivity contribution is -0.141. The minimum Gasteiger partial charge on any atom is -0.339 e. The maximum absolute atomic E-state index is 12.6. The predicted octanol–water partition coefficient (Wildman–Crippen LogP) is -0.222. The van der Waals surface area contributed by atoms with Crippen LogP contribution in [0, 0.1) is 5.92 Å².